The summed E-state index contributed by atoms with van der Waals surface area (Å²) in [6.07, 6.45) is 3.26. The smallest absolute Gasteiger partial charge is 0.253 e. The van der Waals surface area contributed by atoms with E-state index in [1.807, 2.05) is 44.2 Å². The summed E-state index contributed by atoms with van der Waals surface area (Å²) >= 11 is 3.51. The highest BCUT2D eigenvalue weighted by atomic mass is 79.9. The summed E-state index contributed by atoms with van der Waals surface area (Å²) in [4.78, 5) is 12.6. The quantitative estimate of drug-likeness (QED) is 0.634. The third-order valence-corrected chi connectivity index (χ3v) is 5.31. The van der Waals surface area contributed by atoms with Crippen LogP contribution in [-0.2, 0) is 9.47 Å². The summed E-state index contributed by atoms with van der Waals surface area (Å²) in [7, 11) is 0. The molecule has 1 unspecified atom stereocenters. The van der Waals surface area contributed by atoms with Crippen molar-refractivity contribution in [1.82, 2.24) is 9.88 Å². The molecule has 3 rings (SSSR count). The topological polar surface area (TPSA) is 52.5 Å². The maximum absolute atomic E-state index is 12.6. The summed E-state index contributed by atoms with van der Waals surface area (Å²) in [5, 5.41) is 3.00. The Kier molecular flexibility index (Phi) is 7.10. The Morgan fingerprint density at radius 2 is 2.22 bits per heavy atom. The van der Waals surface area contributed by atoms with Crippen molar-refractivity contribution in [3.8, 4) is 5.69 Å². The van der Waals surface area contributed by atoms with Crippen LogP contribution in [0.2, 0.25) is 0 Å². The number of nitrogens with one attached hydrogen (secondary N) is 1. The predicted octanol–water partition coefficient (Wildman–Crippen LogP) is 4.17. The second-order valence-electron chi connectivity index (χ2n) is 6.92. The van der Waals surface area contributed by atoms with Gasteiger partial charge in [-0.05, 0) is 57.4 Å². The van der Waals surface area contributed by atoms with Crippen LogP contribution in [0.15, 0.2) is 34.8 Å². The van der Waals surface area contributed by atoms with Crippen molar-refractivity contribution in [2.24, 2.45) is 0 Å². The molecule has 2 aromatic rings. The minimum atomic E-state index is -0.0385. The first-order valence-corrected chi connectivity index (χ1v) is 10.3. The number of aryl methyl sites for hydroxylation is 1. The fraction of sp³-hybridized carbons (Fsp3) is 0.476. The molecule has 1 aliphatic rings. The number of hydrogen-bond acceptors (Lipinski definition) is 3. The van der Waals surface area contributed by atoms with E-state index < -0.39 is 0 Å². The molecule has 1 fully saturated rings. The fourth-order valence-electron chi connectivity index (χ4n) is 3.47. The SMILES string of the molecule is Cc1cc(C(=O)NCCCOCC2CCCO2)c(C)n1-c1cccc(Br)c1. The number of benzene rings is 1. The highest BCUT2D eigenvalue weighted by Gasteiger charge is 2.17. The van der Waals surface area contributed by atoms with Gasteiger partial charge < -0.3 is 19.4 Å². The Labute approximate surface area is 169 Å². The lowest BCUT2D eigenvalue weighted by Crippen LogP contribution is -2.26. The lowest BCUT2D eigenvalue weighted by Gasteiger charge is -2.11. The molecular formula is C21H27BrN2O3. The number of rotatable bonds is 8. The van der Waals surface area contributed by atoms with Gasteiger partial charge in [-0.2, -0.15) is 0 Å². The van der Waals surface area contributed by atoms with Gasteiger partial charge in [-0.25, -0.2) is 0 Å². The Bertz CT molecular complexity index is 782. The molecule has 0 spiro atoms. The van der Waals surface area contributed by atoms with E-state index >= 15 is 0 Å². The highest BCUT2D eigenvalue weighted by molar-refractivity contribution is 9.10. The first-order valence-electron chi connectivity index (χ1n) is 9.48. The standard InChI is InChI=1S/C21H27BrN2O3/c1-15-12-20(16(2)24(15)18-7-3-6-17(22)13-18)21(25)23-9-5-10-26-14-19-8-4-11-27-19/h3,6-7,12-13,19H,4-5,8-11,14H2,1-2H3,(H,23,25). The number of halogens is 1. The second-order valence-corrected chi connectivity index (χ2v) is 7.84. The van der Waals surface area contributed by atoms with Gasteiger partial charge in [0.1, 0.15) is 0 Å². The molecule has 1 saturated heterocycles. The number of nitrogens with zero attached hydrogens (tertiary/aromatic N) is 1. The summed E-state index contributed by atoms with van der Waals surface area (Å²) in [6, 6.07) is 10.0. The summed E-state index contributed by atoms with van der Waals surface area (Å²) in [6.45, 7) is 6.74. The van der Waals surface area contributed by atoms with E-state index in [0.29, 0.717) is 25.3 Å². The third-order valence-electron chi connectivity index (χ3n) is 4.82. The van der Waals surface area contributed by atoms with Crippen molar-refractivity contribution in [2.75, 3.05) is 26.4 Å². The average molecular weight is 435 g/mol. The number of carbonyl (C=O) groups excluding carboxylic acids is 1. The molecule has 1 aromatic carbocycles. The molecule has 27 heavy (non-hydrogen) atoms. The molecule has 0 radical (unpaired) electrons. The number of ether oxygens (including phenoxy) is 2. The molecule has 0 bridgehead atoms. The van der Waals surface area contributed by atoms with E-state index in [4.69, 9.17) is 9.47 Å². The van der Waals surface area contributed by atoms with E-state index in [9.17, 15) is 4.79 Å². The maximum Gasteiger partial charge on any atom is 0.253 e. The van der Waals surface area contributed by atoms with Gasteiger partial charge in [0.15, 0.2) is 0 Å². The van der Waals surface area contributed by atoms with E-state index in [1.54, 1.807) is 0 Å². The van der Waals surface area contributed by atoms with Gasteiger partial charge in [-0.1, -0.05) is 22.0 Å². The molecule has 2 heterocycles. The second kappa shape index (κ2) is 9.53. The van der Waals surface area contributed by atoms with Gasteiger partial charge in [-0.15, -0.1) is 0 Å². The van der Waals surface area contributed by atoms with E-state index in [0.717, 1.165) is 47.4 Å². The molecular weight excluding hydrogens is 408 g/mol. The normalized spacial score (nSPS) is 16.6. The monoisotopic (exact) mass is 434 g/mol. The van der Waals surface area contributed by atoms with E-state index in [-0.39, 0.29) is 12.0 Å². The summed E-state index contributed by atoms with van der Waals surface area (Å²) in [5.41, 5.74) is 3.74. The zero-order valence-corrected chi connectivity index (χ0v) is 17.5. The Morgan fingerprint density at radius 3 is 2.96 bits per heavy atom. The molecule has 5 nitrogen and oxygen atoms in total. The number of amides is 1. The first-order chi connectivity index (χ1) is 13.1. The van der Waals surface area contributed by atoms with Crippen molar-refractivity contribution in [3.05, 3.63) is 51.8 Å². The van der Waals surface area contributed by atoms with Crippen LogP contribution in [0.5, 0.6) is 0 Å². The van der Waals surface area contributed by atoms with Crippen LogP contribution in [-0.4, -0.2) is 42.9 Å². The molecule has 1 amide bonds. The molecule has 1 aliphatic heterocycles. The van der Waals surface area contributed by atoms with Crippen molar-refractivity contribution in [2.45, 2.75) is 39.2 Å². The van der Waals surface area contributed by atoms with Crippen LogP contribution in [0.4, 0.5) is 0 Å². The molecule has 6 heteroatoms. The summed E-state index contributed by atoms with van der Waals surface area (Å²) < 4.78 is 14.3. The maximum atomic E-state index is 12.6. The van der Waals surface area contributed by atoms with Crippen molar-refractivity contribution >= 4 is 21.8 Å². The first kappa shape index (κ1) is 20.1. The molecule has 1 N–H and O–H groups in total. The van der Waals surface area contributed by atoms with Crippen molar-refractivity contribution in [3.63, 3.8) is 0 Å². The number of aromatic nitrogens is 1. The van der Waals surface area contributed by atoms with Gasteiger partial charge in [0.05, 0.1) is 18.3 Å². The predicted molar refractivity (Wildman–Crippen MR) is 110 cm³/mol. The zero-order valence-electron chi connectivity index (χ0n) is 16.0. The minimum Gasteiger partial charge on any atom is -0.379 e. The van der Waals surface area contributed by atoms with E-state index in [2.05, 4.69) is 25.8 Å². The van der Waals surface area contributed by atoms with Crippen LogP contribution in [0.25, 0.3) is 5.69 Å². The highest BCUT2D eigenvalue weighted by Crippen LogP contribution is 2.23. The molecule has 0 aliphatic carbocycles. The largest absolute Gasteiger partial charge is 0.379 e. The van der Waals surface area contributed by atoms with E-state index in [1.165, 1.54) is 0 Å². The Balaban J connectivity index is 1.50. The molecule has 1 aromatic heterocycles. The fourth-order valence-corrected chi connectivity index (χ4v) is 3.85. The Hall–Kier alpha value is -1.63. The lowest BCUT2D eigenvalue weighted by molar-refractivity contribution is 0.0166. The molecule has 1 atom stereocenters. The van der Waals surface area contributed by atoms with Crippen molar-refractivity contribution in [1.29, 1.82) is 0 Å². The van der Waals surface area contributed by atoms with Crippen LogP contribution >= 0.6 is 15.9 Å². The van der Waals surface area contributed by atoms with Crippen LogP contribution in [0.1, 0.15) is 41.0 Å². The third kappa shape index (κ3) is 5.21. The van der Waals surface area contributed by atoms with Crippen LogP contribution < -0.4 is 5.32 Å². The minimum absolute atomic E-state index is 0.0385. The number of carbonyl (C=O) groups is 1. The molecule has 0 saturated carbocycles. The van der Waals surface area contributed by atoms with Gasteiger partial charge in [0, 0.05) is 41.3 Å². The summed E-state index contributed by atoms with van der Waals surface area (Å²) in [5.74, 6) is -0.0385. The lowest BCUT2D eigenvalue weighted by atomic mass is 10.2. The van der Waals surface area contributed by atoms with Gasteiger partial charge >= 0.3 is 0 Å². The van der Waals surface area contributed by atoms with Gasteiger partial charge in [0.2, 0.25) is 0 Å². The van der Waals surface area contributed by atoms with Crippen molar-refractivity contribution < 1.29 is 14.3 Å². The average Bonchev–Trinajstić information content (AvgIpc) is 3.25. The van der Waals surface area contributed by atoms with Crippen LogP contribution in [0.3, 0.4) is 0 Å². The molecule has 146 valence electrons. The van der Waals surface area contributed by atoms with Gasteiger partial charge in [0.25, 0.3) is 5.91 Å². The number of hydrogen-bond donors (Lipinski definition) is 1. The van der Waals surface area contributed by atoms with Gasteiger partial charge in [-0.3, -0.25) is 4.79 Å². The van der Waals surface area contributed by atoms with Crippen LogP contribution in [0, 0.1) is 13.8 Å². The Morgan fingerprint density at radius 1 is 1.37 bits per heavy atom. The zero-order chi connectivity index (χ0) is 19.2.